The second kappa shape index (κ2) is 3.78. The molecular weight excluding hydrogens is 154 g/mol. The zero-order chi connectivity index (χ0) is 8.97. The Labute approximate surface area is 70.8 Å². The Balaban J connectivity index is 2.89. The average Bonchev–Trinajstić information content (AvgIpc) is 2.07. The van der Waals surface area contributed by atoms with E-state index in [1.807, 2.05) is 0 Å². The van der Waals surface area contributed by atoms with Gasteiger partial charge in [-0.1, -0.05) is 18.2 Å². The lowest BCUT2D eigenvalue weighted by molar-refractivity contribution is 0.343. The van der Waals surface area contributed by atoms with Crippen LogP contribution < -0.4 is 5.73 Å². The minimum Gasteiger partial charge on any atom is -0.506 e. The molecule has 64 valence electrons. The van der Waals surface area contributed by atoms with Crippen molar-refractivity contribution in [3.05, 3.63) is 29.8 Å². The molecule has 0 spiro atoms. The normalized spacial score (nSPS) is 10.8. The Morgan fingerprint density at radius 3 is 2.75 bits per heavy atom. The number of nitrogens with two attached hydrogens (primary N) is 1. The Morgan fingerprint density at radius 2 is 2.17 bits per heavy atom. The van der Waals surface area contributed by atoms with Crippen LogP contribution in [0.5, 0.6) is 5.75 Å². The van der Waals surface area contributed by atoms with Gasteiger partial charge in [-0.2, -0.15) is 0 Å². The maximum absolute atomic E-state index is 9.18. The van der Waals surface area contributed by atoms with E-state index in [1.54, 1.807) is 30.4 Å². The second-order valence-electron chi connectivity index (χ2n) is 2.40. The summed E-state index contributed by atoms with van der Waals surface area (Å²) < 4.78 is 0. The molecule has 0 saturated heterocycles. The third-order valence-electron chi connectivity index (χ3n) is 1.47. The van der Waals surface area contributed by atoms with Gasteiger partial charge in [0.2, 0.25) is 0 Å². The van der Waals surface area contributed by atoms with Crippen LogP contribution in [0.2, 0.25) is 0 Å². The standard InChI is InChI=1S/C9H11NO2/c10-8-4-3-7(2-1-5-11)6-9(8)12/h1-4,6,11-12H,5,10H2. The van der Waals surface area contributed by atoms with Gasteiger partial charge in [-0.3, -0.25) is 0 Å². The number of anilines is 1. The molecule has 4 N–H and O–H groups in total. The fourth-order valence-corrected chi connectivity index (χ4v) is 0.853. The van der Waals surface area contributed by atoms with E-state index in [9.17, 15) is 5.11 Å². The maximum atomic E-state index is 9.18. The molecular formula is C9H11NO2. The van der Waals surface area contributed by atoms with Crippen LogP contribution in [0.3, 0.4) is 0 Å². The lowest BCUT2D eigenvalue weighted by atomic mass is 10.2. The van der Waals surface area contributed by atoms with Crippen molar-refractivity contribution in [3.8, 4) is 5.75 Å². The molecule has 1 aromatic rings. The highest BCUT2D eigenvalue weighted by Crippen LogP contribution is 2.21. The topological polar surface area (TPSA) is 66.5 Å². The molecule has 0 fully saturated rings. The van der Waals surface area contributed by atoms with Gasteiger partial charge in [0.25, 0.3) is 0 Å². The predicted molar refractivity (Wildman–Crippen MR) is 48.6 cm³/mol. The lowest BCUT2D eigenvalue weighted by Gasteiger charge is -1.98. The molecule has 0 aliphatic heterocycles. The molecule has 0 aliphatic carbocycles. The highest BCUT2D eigenvalue weighted by atomic mass is 16.3. The minimum atomic E-state index is -0.00879. The summed E-state index contributed by atoms with van der Waals surface area (Å²) >= 11 is 0. The van der Waals surface area contributed by atoms with Gasteiger partial charge < -0.3 is 15.9 Å². The van der Waals surface area contributed by atoms with Crippen LogP contribution in [0.4, 0.5) is 5.69 Å². The lowest BCUT2D eigenvalue weighted by Crippen LogP contribution is -1.85. The number of aromatic hydroxyl groups is 1. The largest absolute Gasteiger partial charge is 0.506 e. The van der Waals surface area contributed by atoms with E-state index in [0.717, 1.165) is 5.56 Å². The first kappa shape index (κ1) is 8.62. The van der Waals surface area contributed by atoms with E-state index in [-0.39, 0.29) is 12.4 Å². The molecule has 3 heteroatoms. The van der Waals surface area contributed by atoms with Crippen LogP contribution in [-0.4, -0.2) is 16.8 Å². The van der Waals surface area contributed by atoms with Crippen LogP contribution in [0.1, 0.15) is 5.56 Å². The number of nitrogen functional groups attached to an aromatic ring is 1. The zero-order valence-electron chi connectivity index (χ0n) is 6.57. The SMILES string of the molecule is Nc1ccc(C=CCO)cc1O. The predicted octanol–water partition coefficient (Wildman–Crippen LogP) is 0.980. The van der Waals surface area contributed by atoms with E-state index in [2.05, 4.69) is 0 Å². The summed E-state index contributed by atoms with van der Waals surface area (Å²) in [5.74, 6) is 0.0649. The summed E-state index contributed by atoms with van der Waals surface area (Å²) in [4.78, 5) is 0. The second-order valence-corrected chi connectivity index (χ2v) is 2.40. The Morgan fingerprint density at radius 1 is 1.42 bits per heavy atom. The van der Waals surface area contributed by atoms with Crippen LogP contribution in [0, 0.1) is 0 Å². The molecule has 1 rings (SSSR count). The molecule has 0 amide bonds. The monoisotopic (exact) mass is 165 g/mol. The number of hydrogen-bond donors (Lipinski definition) is 3. The molecule has 0 unspecified atom stereocenters. The molecule has 3 nitrogen and oxygen atoms in total. The van der Waals surface area contributed by atoms with E-state index >= 15 is 0 Å². The first-order chi connectivity index (χ1) is 5.74. The summed E-state index contributed by atoms with van der Waals surface area (Å²) in [6.45, 7) is -0.00879. The molecule has 12 heavy (non-hydrogen) atoms. The van der Waals surface area contributed by atoms with Gasteiger partial charge in [-0.25, -0.2) is 0 Å². The number of phenolic OH excluding ortho intramolecular Hbond substituents is 1. The Bertz CT molecular complexity index is 295. The van der Waals surface area contributed by atoms with Crippen molar-refractivity contribution in [1.82, 2.24) is 0 Å². The molecule has 0 aliphatic rings. The first-order valence-corrected chi connectivity index (χ1v) is 3.60. The Hall–Kier alpha value is -1.48. The molecule has 0 aromatic heterocycles. The van der Waals surface area contributed by atoms with Crippen molar-refractivity contribution in [2.45, 2.75) is 0 Å². The number of aliphatic hydroxyl groups is 1. The van der Waals surface area contributed by atoms with Crippen molar-refractivity contribution < 1.29 is 10.2 Å². The number of hydrogen-bond acceptors (Lipinski definition) is 3. The van der Waals surface area contributed by atoms with Crippen molar-refractivity contribution in [1.29, 1.82) is 0 Å². The van der Waals surface area contributed by atoms with Crippen LogP contribution >= 0.6 is 0 Å². The molecule has 1 aromatic carbocycles. The van der Waals surface area contributed by atoms with Gasteiger partial charge in [-0.05, 0) is 17.7 Å². The van der Waals surface area contributed by atoms with Crippen molar-refractivity contribution in [2.75, 3.05) is 12.3 Å². The van der Waals surface area contributed by atoms with E-state index < -0.39 is 0 Å². The summed E-state index contributed by atoms with van der Waals surface area (Å²) in [6, 6.07) is 4.93. The summed E-state index contributed by atoms with van der Waals surface area (Å²) in [5, 5.41) is 17.7. The molecule has 0 radical (unpaired) electrons. The van der Waals surface area contributed by atoms with Gasteiger partial charge in [0, 0.05) is 0 Å². The van der Waals surface area contributed by atoms with Crippen LogP contribution in [0.25, 0.3) is 6.08 Å². The van der Waals surface area contributed by atoms with Gasteiger partial charge >= 0.3 is 0 Å². The fraction of sp³-hybridized carbons (Fsp3) is 0.111. The number of aliphatic hydroxyl groups excluding tert-OH is 1. The van der Waals surface area contributed by atoms with Crippen molar-refractivity contribution >= 4 is 11.8 Å². The van der Waals surface area contributed by atoms with E-state index in [1.165, 1.54) is 0 Å². The van der Waals surface area contributed by atoms with Crippen molar-refractivity contribution in [3.63, 3.8) is 0 Å². The molecule has 0 bridgehead atoms. The Kier molecular flexibility index (Phi) is 2.71. The number of phenols is 1. The van der Waals surface area contributed by atoms with Gasteiger partial charge in [0.15, 0.2) is 0 Å². The average molecular weight is 165 g/mol. The summed E-state index contributed by atoms with van der Waals surface area (Å²) in [5.41, 5.74) is 6.57. The smallest absolute Gasteiger partial charge is 0.139 e. The molecule has 0 atom stereocenters. The minimum absolute atomic E-state index is 0.00879. The van der Waals surface area contributed by atoms with Crippen molar-refractivity contribution in [2.24, 2.45) is 0 Å². The maximum Gasteiger partial charge on any atom is 0.139 e. The number of rotatable bonds is 2. The summed E-state index contributed by atoms with van der Waals surface area (Å²) in [6.07, 6.45) is 3.30. The van der Waals surface area contributed by atoms with E-state index in [4.69, 9.17) is 10.8 Å². The van der Waals surface area contributed by atoms with E-state index in [0.29, 0.717) is 5.69 Å². The zero-order valence-corrected chi connectivity index (χ0v) is 6.57. The fourth-order valence-electron chi connectivity index (χ4n) is 0.853. The van der Waals surface area contributed by atoms with Gasteiger partial charge in [-0.15, -0.1) is 0 Å². The van der Waals surface area contributed by atoms with Crippen LogP contribution in [-0.2, 0) is 0 Å². The third-order valence-corrected chi connectivity index (χ3v) is 1.47. The third kappa shape index (κ3) is 2.00. The molecule has 0 heterocycles. The highest BCUT2D eigenvalue weighted by molar-refractivity contribution is 5.60. The van der Waals surface area contributed by atoms with Crippen LogP contribution in [0.15, 0.2) is 24.3 Å². The quantitative estimate of drug-likeness (QED) is 0.452. The molecule has 0 saturated carbocycles. The highest BCUT2D eigenvalue weighted by Gasteiger charge is 1.94. The summed E-state index contributed by atoms with van der Waals surface area (Å²) in [7, 11) is 0. The van der Waals surface area contributed by atoms with Gasteiger partial charge in [0.05, 0.1) is 12.3 Å². The number of benzene rings is 1. The first-order valence-electron chi connectivity index (χ1n) is 3.60. The van der Waals surface area contributed by atoms with Gasteiger partial charge in [0.1, 0.15) is 5.75 Å².